The highest BCUT2D eigenvalue weighted by molar-refractivity contribution is 5.73. The van der Waals surface area contributed by atoms with E-state index in [4.69, 9.17) is 0 Å². The van der Waals surface area contributed by atoms with E-state index in [9.17, 15) is 4.79 Å². The number of benzene rings is 1. The molecule has 74 valence electrons. The van der Waals surface area contributed by atoms with Gasteiger partial charge in [-0.25, -0.2) is 0 Å². The first-order valence-electron chi connectivity index (χ1n) is 5.01. The van der Waals surface area contributed by atoms with Gasteiger partial charge in [0.1, 0.15) is 0 Å². The van der Waals surface area contributed by atoms with Gasteiger partial charge in [0.15, 0.2) is 0 Å². The molecule has 1 aromatic rings. The van der Waals surface area contributed by atoms with E-state index in [1.54, 1.807) is 6.92 Å². The Morgan fingerprint density at radius 3 is 2.93 bits per heavy atom. The standard InChI is InChI=1S/C12H15NO/c1-9-4-3-5-11-6-7-13(10(2)14)8-12(9)11/h3-5H,6-8H2,1-2H3. The van der Waals surface area contributed by atoms with Crippen LogP contribution in [0.4, 0.5) is 0 Å². The zero-order valence-corrected chi connectivity index (χ0v) is 8.71. The van der Waals surface area contributed by atoms with Crippen molar-refractivity contribution in [2.75, 3.05) is 6.54 Å². The SMILES string of the molecule is CC(=O)N1CCc2cccc(C)c2C1. The molecular formula is C12H15NO. The van der Waals surface area contributed by atoms with Crippen molar-refractivity contribution in [2.45, 2.75) is 26.8 Å². The number of rotatable bonds is 0. The van der Waals surface area contributed by atoms with E-state index in [1.807, 2.05) is 4.90 Å². The Bertz CT molecular complexity index is 371. The molecule has 2 rings (SSSR count). The van der Waals surface area contributed by atoms with Crippen molar-refractivity contribution in [1.29, 1.82) is 0 Å². The van der Waals surface area contributed by atoms with E-state index in [1.165, 1.54) is 16.7 Å². The predicted molar refractivity (Wildman–Crippen MR) is 56.0 cm³/mol. The van der Waals surface area contributed by atoms with Gasteiger partial charge in [0, 0.05) is 20.0 Å². The lowest BCUT2D eigenvalue weighted by atomic mass is 9.96. The average molecular weight is 189 g/mol. The molecule has 0 atom stereocenters. The van der Waals surface area contributed by atoms with Crippen LogP contribution in [0.2, 0.25) is 0 Å². The second kappa shape index (κ2) is 3.45. The first-order valence-corrected chi connectivity index (χ1v) is 5.01. The zero-order valence-electron chi connectivity index (χ0n) is 8.71. The van der Waals surface area contributed by atoms with Crippen LogP contribution in [0.5, 0.6) is 0 Å². The molecule has 0 unspecified atom stereocenters. The van der Waals surface area contributed by atoms with Crippen molar-refractivity contribution in [3.8, 4) is 0 Å². The fourth-order valence-electron chi connectivity index (χ4n) is 2.02. The largest absolute Gasteiger partial charge is 0.338 e. The Hall–Kier alpha value is -1.31. The van der Waals surface area contributed by atoms with Crippen molar-refractivity contribution in [3.63, 3.8) is 0 Å². The number of fused-ring (bicyclic) bond motifs is 1. The molecule has 2 heteroatoms. The van der Waals surface area contributed by atoms with Gasteiger partial charge in [0.05, 0.1) is 0 Å². The molecule has 1 aromatic carbocycles. The Kier molecular flexibility index (Phi) is 2.28. The lowest BCUT2D eigenvalue weighted by molar-refractivity contribution is -0.129. The van der Waals surface area contributed by atoms with E-state index >= 15 is 0 Å². The summed E-state index contributed by atoms with van der Waals surface area (Å²) >= 11 is 0. The molecule has 0 aliphatic carbocycles. The molecule has 0 aromatic heterocycles. The maximum Gasteiger partial charge on any atom is 0.219 e. The van der Waals surface area contributed by atoms with E-state index in [0.29, 0.717) is 0 Å². The van der Waals surface area contributed by atoms with Crippen LogP contribution in [0.25, 0.3) is 0 Å². The highest BCUT2D eigenvalue weighted by atomic mass is 16.2. The summed E-state index contributed by atoms with van der Waals surface area (Å²) in [5, 5.41) is 0. The second-order valence-corrected chi connectivity index (χ2v) is 3.90. The number of aryl methyl sites for hydroxylation is 1. The summed E-state index contributed by atoms with van der Waals surface area (Å²) in [4.78, 5) is 13.2. The third kappa shape index (κ3) is 1.52. The molecule has 0 fully saturated rings. The predicted octanol–water partition coefficient (Wildman–Crippen LogP) is 1.90. The molecule has 0 bridgehead atoms. The highest BCUT2D eigenvalue weighted by Gasteiger charge is 2.18. The summed E-state index contributed by atoms with van der Waals surface area (Å²) in [7, 11) is 0. The molecular weight excluding hydrogens is 174 g/mol. The van der Waals surface area contributed by atoms with E-state index in [-0.39, 0.29) is 5.91 Å². The fraction of sp³-hybridized carbons (Fsp3) is 0.417. The van der Waals surface area contributed by atoms with Gasteiger partial charge in [-0.15, -0.1) is 0 Å². The molecule has 1 aliphatic rings. The molecule has 0 spiro atoms. The minimum Gasteiger partial charge on any atom is -0.338 e. The molecule has 1 heterocycles. The summed E-state index contributed by atoms with van der Waals surface area (Å²) in [6.45, 7) is 5.41. The topological polar surface area (TPSA) is 20.3 Å². The third-order valence-electron chi connectivity index (χ3n) is 2.95. The number of hydrogen-bond donors (Lipinski definition) is 0. The monoisotopic (exact) mass is 189 g/mol. The van der Waals surface area contributed by atoms with Gasteiger partial charge in [-0.2, -0.15) is 0 Å². The number of carbonyl (C=O) groups excluding carboxylic acids is 1. The Morgan fingerprint density at radius 2 is 2.21 bits per heavy atom. The lowest BCUT2D eigenvalue weighted by Gasteiger charge is -2.29. The van der Waals surface area contributed by atoms with Crippen LogP contribution in [-0.2, 0) is 17.8 Å². The summed E-state index contributed by atoms with van der Waals surface area (Å²) in [5.74, 6) is 0.180. The van der Waals surface area contributed by atoms with Crippen LogP contribution in [0, 0.1) is 6.92 Å². The van der Waals surface area contributed by atoms with Crippen LogP contribution in [0.15, 0.2) is 18.2 Å². The Morgan fingerprint density at radius 1 is 1.43 bits per heavy atom. The van der Waals surface area contributed by atoms with E-state index in [2.05, 4.69) is 25.1 Å². The molecule has 14 heavy (non-hydrogen) atoms. The quantitative estimate of drug-likeness (QED) is 0.610. The molecule has 0 N–H and O–H groups in total. The highest BCUT2D eigenvalue weighted by Crippen LogP contribution is 2.21. The Balaban J connectivity index is 2.33. The molecule has 0 radical (unpaired) electrons. The van der Waals surface area contributed by atoms with E-state index in [0.717, 1.165) is 19.5 Å². The maximum atomic E-state index is 11.2. The van der Waals surface area contributed by atoms with Gasteiger partial charge < -0.3 is 4.90 Å². The molecule has 0 saturated heterocycles. The second-order valence-electron chi connectivity index (χ2n) is 3.90. The number of hydrogen-bond acceptors (Lipinski definition) is 1. The summed E-state index contributed by atoms with van der Waals surface area (Å²) in [6.07, 6.45) is 0.997. The van der Waals surface area contributed by atoms with Gasteiger partial charge in [-0.05, 0) is 30.0 Å². The molecule has 0 saturated carbocycles. The third-order valence-corrected chi connectivity index (χ3v) is 2.95. The van der Waals surface area contributed by atoms with Crippen molar-refractivity contribution in [3.05, 3.63) is 34.9 Å². The normalized spacial score (nSPS) is 15.1. The lowest BCUT2D eigenvalue weighted by Crippen LogP contribution is -2.34. The van der Waals surface area contributed by atoms with Crippen molar-refractivity contribution in [1.82, 2.24) is 4.90 Å². The number of amides is 1. The summed E-state index contributed by atoms with van der Waals surface area (Å²) < 4.78 is 0. The summed E-state index contributed by atoms with van der Waals surface area (Å²) in [6, 6.07) is 6.37. The van der Waals surface area contributed by atoms with Gasteiger partial charge in [-0.1, -0.05) is 18.2 Å². The number of nitrogens with zero attached hydrogens (tertiary/aromatic N) is 1. The molecule has 2 nitrogen and oxygen atoms in total. The molecule has 1 amide bonds. The number of carbonyl (C=O) groups is 1. The zero-order chi connectivity index (χ0) is 10.1. The van der Waals surface area contributed by atoms with Crippen LogP contribution < -0.4 is 0 Å². The minimum atomic E-state index is 0.180. The van der Waals surface area contributed by atoms with Gasteiger partial charge in [0.2, 0.25) is 5.91 Å². The van der Waals surface area contributed by atoms with E-state index < -0.39 is 0 Å². The Labute approximate surface area is 84.5 Å². The van der Waals surface area contributed by atoms with Crippen molar-refractivity contribution < 1.29 is 4.79 Å². The first-order chi connectivity index (χ1) is 6.68. The molecule has 1 aliphatic heterocycles. The average Bonchev–Trinajstić information content (AvgIpc) is 2.18. The van der Waals surface area contributed by atoms with Crippen molar-refractivity contribution in [2.24, 2.45) is 0 Å². The van der Waals surface area contributed by atoms with Crippen LogP contribution >= 0.6 is 0 Å². The maximum absolute atomic E-state index is 11.2. The first kappa shape index (κ1) is 9.25. The summed E-state index contributed by atoms with van der Waals surface area (Å²) in [5.41, 5.74) is 4.05. The van der Waals surface area contributed by atoms with Gasteiger partial charge >= 0.3 is 0 Å². The van der Waals surface area contributed by atoms with Crippen LogP contribution in [-0.4, -0.2) is 17.4 Å². The fourth-order valence-corrected chi connectivity index (χ4v) is 2.02. The van der Waals surface area contributed by atoms with Crippen LogP contribution in [0.3, 0.4) is 0 Å². The van der Waals surface area contributed by atoms with Crippen LogP contribution in [0.1, 0.15) is 23.6 Å². The van der Waals surface area contributed by atoms with Crippen molar-refractivity contribution >= 4 is 5.91 Å². The minimum absolute atomic E-state index is 0.180. The van der Waals surface area contributed by atoms with Gasteiger partial charge in [-0.3, -0.25) is 4.79 Å². The smallest absolute Gasteiger partial charge is 0.219 e. The van der Waals surface area contributed by atoms with Gasteiger partial charge in [0.25, 0.3) is 0 Å².